The molecule has 4 nitrogen and oxygen atoms in total. The van der Waals surface area contributed by atoms with E-state index in [9.17, 15) is 4.79 Å². The number of rotatable bonds is 8. The second-order valence-electron chi connectivity index (χ2n) is 5.54. The Labute approximate surface area is 127 Å². The highest BCUT2D eigenvalue weighted by Crippen LogP contribution is 2.27. The molecule has 1 rings (SSSR count). The second-order valence-corrected chi connectivity index (χ2v) is 5.54. The van der Waals surface area contributed by atoms with Gasteiger partial charge in [0.2, 0.25) is 0 Å². The maximum absolute atomic E-state index is 11.8. The van der Waals surface area contributed by atoms with Crippen LogP contribution in [0, 0.1) is 0 Å². The summed E-state index contributed by atoms with van der Waals surface area (Å²) < 4.78 is 10.7. The van der Waals surface area contributed by atoms with E-state index < -0.39 is 5.54 Å². The van der Waals surface area contributed by atoms with E-state index in [1.807, 2.05) is 58.9 Å². The number of ether oxygens (including phenoxy) is 2. The molecule has 0 fully saturated rings. The summed E-state index contributed by atoms with van der Waals surface area (Å²) in [5.74, 6) is 0.646. The van der Waals surface area contributed by atoms with E-state index in [2.05, 4.69) is 5.32 Å². The van der Waals surface area contributed by atoms with E-state index in [1.165, 1.54) is 0 Å². The van der Waals surface area contributed by atoms with E-state index in [4.69, 9.17) is 9.47 Å². The third kappa shape index (κ3) is 5.38. The van der Waals surface area contributed by atoms with Crippen molar-refractivity contribution in [2.75, 3.05) is 13.2 Å². The summed E-state index contributed by atoms with van der Waals surface area (Å²) in [5.41, 5.74) is 0.616. The lowest BCUT2D eigenvalue weighted by Crippen LogP contribution is -2.41. The van der Waals surface area contributed by atoms with Crippen molar-refractivity contribution in [3.63, 3.8) is 0 Å². The zero-order chi connectivity index (χ0) is 15.9. The Bertz CT molecular complexity index is 442. The van der Waals surface area contributed by atoms with Crippen molar-refractivity contribution in [1.82, 2.24) is 5.32 Å². The normalized spacial score (nSPS) is 13.8. The van der Waals surface area contributed by atoms with Crippen LogP contribution >= 0.6 is 0 Å². The molecule has 1 atom stereocenters. The Kier molecular flexibility index (Phi) is 6.69. The van der Waals surface area contributed by atoms with E-state index >= 15 is 0 Å². The minimum atomic E-state index is -0.433. The van der Waals surface area contributed by atoms with Crippen molar-refractivity contribution in [2.45, 2.75) is 52.7 Å². The molecule has 0 amide bonds. The minimum absolute atomic E-state index is 0.149. The van der Waals surface area contributed by atoms with Crippen LogP contribution in [0.25, 0.3) is 0 Å². The van der Waals surface area contributed by atoms with Crippen LogP contribution in [0.1, 0.15) is 46.6 Å². The summed E-state index contributed by atoms with van der Waals surface area (Å²) in [7, 11) is 0. The SMILES string of the molecule is CCNC(C)(CC(=O)OCC)c1ccc(OC(C)C)cc1. The Balaban J connectivity index is 2.90. The van der Waals surface area contributed by atoms with Crippen LogP contribution in [0.3, 0.4) is 0 Å². The van der Waals surface area contributed by atoms with Crippen LogP contribution in [0.4, 0.5) is 0 Å². The summed E-state index contributed by atoms with van der Waals surface area (Å²) in [4.78, 5) is 11.8. The molecule has 0 radical (unpaired) electrons. The van der Waals surface area contributed by atoms with Crippen LogP contribution in [-0.2, 0) is 15.1 Å². The van der Waals surface area contributed by atoms with Crippen LogP contribution in [0.5, 0.6) is 5.75 Å². The van der Waals surface area contributed by atoms with Crippen molar-refractivity contribution in [3.8, 4) is 5.75 Å². The molecular weight excluding hydrogens is 266 g/mol. The minimum Gasteiger partial charge on any atom is -0.491 e. The van der Waals surface area contributed by atoms with Gasteiger partial charge in [-0.25, -0.2) is 0 Å². The summed E-state index contributed by atoms with van der Waals surface area (Å²) >= 11 is 0. The van der Waals surface area contributed by atoms with Crippen LogP contribution in [0.15, 0.2) is 24.3 Å². The van der Waals surface area contributed by atoms with Crippen molar-refractivity contribution >= 4 is 5.97 Å². The van der Waals surface area contributed by atoms with Crippen molar-refractivity contribution in [1.29, 1.82) is 0 Å². The second kappa shape index (κ2) is 8.03. The van der Waals surface area contributed by atoms with Gasteiger partial charge < -0.3 is 14.8 Å². The number of carbonyl (C=O) groups excluding carboxylic acids is 1. The Morgan fingerprint density at radius 1 is 1.24 bits per heavy atom. The number of nitrogens with one attached hydrogen (secondary N) is 1. The molecule has 0 aliphatic rings. The molecule has 4 heteroatoms. The first-order valence-electron chi connectivity index (χ1n) is 7.59. The number of carbonyl (C=O) groups is 1. The Morgan fingerprint density at radius 3 is 2.33 bits per heavy atom. The third-order valence-corrected chi connectivity index (χ3v) is 3.23. The largest absolute Gasteiger partial charge is 0.491 e. The summed E-state index contributed by atoms with van der Waals surface area (Å²) in [6.07, 6.45) is 0.453. The average Bonchev–Trinajstić information content (AvgIpc) is 2.39. The summed E-state index contributed by atoms with van der Waals surface area (Å²) in [6, 6.07) is 7.88. The van der Waals surface area contributed by atoms with Gasteiger partial charge in [0.1, 0.15) is 5.75 Å². The van der Waals surface area contributed by atoms with Gasteiger partial charge in [-0.2, -0.15) is 0 Å². The van der Waals surface area contributed by atoms with Gasteiger partial charge in [-0.1, -0.05) is 19.1 Å². The monoisotopic (exact) mass is 293 g/mol. The highest BCUT2D eigenvalue weighted by Gasteiger charge is 2.29. The van der Waals surface area contributed by atoms with Gasteiger partial charge in [0.15, 0.2) is 0 Å². The predicted octanol–water partition coefficient (Wildman–Crippen LogP) is 3.25. The van der Waals surface area contributed by atoms with Gasteiger partial charge in [-0.05, 0) is 51.9 Å². The summed E-state index contributed by atoms with van der Waals surface area (Å²) in [5, 5.41) is 3.38. The van der Waals surface area contributed by atoms with Crippen molar-refractivity contribution < 1.29 is 14.3 Å². The number of hydrogen-bond acceptors (Lipinski definition) is 4. The molecule has 21 heavy (non-hydrogen) atoms. The highest BCUT2D eigenvalue weighted by molar-refractivity contribution is 5.71. The predicted molar refractivity (Wildman–Crippen MR) is 84.5 cm³/mol. The molecule has 0 saturated carbocycles. The van der Waals surface area contributed by atoms with Crippen molar-refractivity contribution in [2.24, 2.45) is 0 Å². The molecule has 0 bridgehead atoms. The lowest BCUT2D eigenvalue weighted by atomic mass is 9.88. The fourth-order valence-electron chi connectivity index (χ4n) is 2.33. The molecule has 1 aromatic rings. The molecule has 0 heterocycles. The van der Waals surface area contributed by atoms with Crippen LogP contribution in [0.2, 0.25) is 0 Å². The third-order valence-electron chi connectivity index (χ3n) is 3.23. The molecule has 1 N–H and O–H groups in total. The highest BCUT2D eigenvalue weighted by atomic mass is 16.5. The zero-order valence-corrected chi connectivity index (χ0v) is 13.7. The van der Waals surface area contributed by atoms with Gasteiger partial charge in [-0.3, -0.25) is 4.79 Å². The van der Waals surface area contributed by atoms with E-state index in [0.29, 0.717) is 13.0 Å². The zero-order valence-electron chi connectivity index (χ0n) is 13.7. The van der Waals surface area contributed by atoms with Crippen LogP contribution in [-0.4, -0.2) is 25.2 Å². The first-order chi connectivity index (χ1) is 9.91. The molecule has 1 unspecified atom stereocenters. The fraction of sp³-hybridized carbons (Fsp3) is 0.588. The smallest absolute Gasteiger partial charge is 0.307 e. The first-order valence-corrected chi connectivity index (χ1v) is 7.59. The molecule has 0 aliphatic carbocycles. The maximum Gasteiger partial charge on any atom is 0.307 e. The van der Waals surface area contributed by atoms with Crippen molar-refractivity contribution in [3.05, 3.63) is 29.8 Å². The maximum atomic E-state index is 11.8. The quantitative estimate of drug-likeness (QED) is 0.747. The molecule has 0 aromatic heterocycles. The number of hydrogen-bond donors (Lipinski definition) is 1. The van der Waals surface area contributed by atoms with Gasteiger partial charge >= 0.3 is 5.97 Å². The van der Waals surface area contributed by atoms with Gasteiger partial charge in [-0.15, -0.1) is 0 Å². The van der Waals surface area contributed by atoms with Crippen LogP contribution < -0.4 is 10.1 Å². The molecule has 0 spiro atoms. The molecule has 0 aliphatic heterocycles. The van der Waals surface area contributed by atoms with Gasteiger partial charge in [0, 0.05) is 0 Å². The Morgan fingerprint density at radius 2 is 1.86 bits per heavy atom. The molecule has 0 saturated heterocycles. The molecule has 1 aromatic carbocycles. The standard InChI is InChI=1S/C17H27NO3/c1-6-18-17(5,12-16(19)20-7-2)14-8-10-15(11-9-14)21-13(3)4/h8-11,13,18H,6-7,12H2,1-5H3. The van der Waals surface area contributed by atoms with E-state index in [-0.39, 0.29) is 12.1 Å². The topological polar surface area (TPSA) is 47.6 Å². The van der Waals surface area contributed by atoms with E-state index in [0.717, 1.165) is 17.9 Å². The summed E-state index contributed by atoms with van der Waals surface area (Å²) in [6.45, 7) is 11.0. The number of esters is 1. The van der Waals surface area contributed by atoms with E-state index in [1.54, 1.807) is 0 Å². The van der Waals surface area contributed by atoms with Gasteiger partial charge in [0.25, 0.3) is 0 Å². The lowest BCUT2D eigenvalue weighted by Gasteiger charge is -2.30. The Hall–Kier alpha value is -1.55. The van der Waals surface area contributed by atoms with Gasteiger partial charge in [0.05, 0.1) is 24.7 Å². The molecule has 118 valence electrons. The lowest BCUT2D eigenvalue weighted by molar-refractivity contribution is -0.144. The number of benzene rings is 1. The average molecular weight is 293 g/mol. The molecular formula is C17H27NO3. The fourth-order valence-corrected chi connectivity index (χ4v) is 2.33. The first kappa shape index (κ1) is 17.5.